The van der Waals surface area contributed by atoms with Crippen molar-refractivity contribution in [2.75, 3.05) is 11.9 Å². The van der Waals surface area contributed by atoms with Crippen LogP contribution in [-0.2, 0) is 20.7 Å². The molecule has 0 aliphatic carbocycles. The number of carbonyl (C=O) groups is 3. The molecule has 6 nitrogen and oxygen atoms in total. The Balaban J connectivity index is 1.65. The van der Waals surface area contributed by atoms with E-state index in [1.807, 2.05) is 51.1 Å². The predicted molar refractivity (Wildman–Crippen MR) is 122 cm³/mol. The first-order valence-corrected chi connectivity index (χ1v) is 10.6. The Hall–Kier alpha value is -3.15. The molecule has 0 aromatic heterocycles. The van der Waals surface area contributed by atoms with Crippen LogP contribution in [0.4, 0.5) is 5.69 Å². The van der Waals surface area contributed by atoms with E-state index in [0.29, 0.717) is 24.3 Å². The smallest absolute Gasteiger partial charge is 0.305 e. The Morgan fingerprint density at radius 3 is 2.35 bits per heavy atom. The van der Waals surface area contributed by atoms with Crippen LogP contribution in [0.1, 0.15) is 62.4 Å². The van der Waals surface area contributed by atoms with Crippen LogP contribution in [0.15, 0.2) is 54.6 Å². The molecule has 0 heterocycles. The first-order chi connectivity index (χ1) is 14.7. The van der Waals surface area contributed by atoms with Crippen LogP contribution in [0.25, 0.3) is 0 Å². The van der Waals surface area contributed by atoms with Crippen LogP contribution in [-0.4, -0.2) is 29.9 Å². The van der Waals surface area contributed by atoms with Gasteiger partial charge in [-0.15, -0.1) is 0 Å². The van der Waals surface area contributed by atoms with Crippen LogP contribution in [0.2, 0.25) is 0 Å². The summed E-state index contributed by atoms with van der Waals surface area (Å²) in [5, 5.41) is 5.66. The molecule has 0 saturated carbocycles. The van der Waals surface area contributed by atoms with Gasteiger partial charge in [0.15, 0.2) is 0 Å². The molecule has 0 bridgehead atoms. The van der Waals surface area contributed by atoms with Gasteiger partial charge in [0.1, 0.15) is 0 Å². The van der Waals surface area contributed by atoms with Crippen molar-refractivity contribution < 1.29 is 19.1 Å². The molecule has 166 valence electrons. The summed E-state index contributed by atoms with van der Waals surface area (Å²) in [6, 6.07) is 16.8. The molecule has 0 unspecified atom stereocenters. The second-order valence-electron chi connectivity index (χ2n) is 8.50. The third kappa shape index (κ3) is 9.94. The lowest BCUT2D eigenvalue weighted by atomic mass is 10.1. The highest BCUT2D eigenvalue weighted by molar-refractivity contribution is 5.97. The maximum atomic E-state index is 12.3. The normalized spacial score (nSPS) is 10.9. The lowest BCUT2D eigenvalue weighted by Crippen LogP contribution is -2.40. The summed E-state index contributed by atoms with van der Waals surface area (Å²) >= 11 is 0. The van der Waals surface area contributed by atoms with E-state index in [2.05, 4.69) is 10.6 Å². The number of hydrogen-bond donors (Lipinski definition) is 2. The molecule has 2 aromatic rings. The Kier molecular flexibility index (Phi) is 9.25. The number of esters is 1. The number of anilines is 1. The molecule has 2 amide bonds. The third-order valence-electron chi connectivity index (χ3n) is 4.40. The maximum absolute atomic E-state index is 12.3. The molecule has 0 fully saturated rings. The molecule has 0 atom stereocenters. The van der Waals surface area contributed by atoms with Crippen LogP contribution in [0, 0.1) is 0 Å². The minimum atomic E-state index is -0.341. The van der Waals surface area contributed by atoms with Gasteiger partial charge in [-0.2, -0.15) is 0 Å². The first kappa shape index (κ1) is 24.1. The van der Waals surface area contributed by atoms with Gasteiger partial charge < -0.3 is 15.4 Å². The molecule has 0 radical (unpaired) electrons. The number of rotatable bonds is 10. The molecule has 0 saturated heterocycles. The van der Waals surface area contributed by atoms with Gasteiger partial charge in [0.05, 0.1) is 6.61 Å². The van der Waals surface area contributed by atoms with E-state index in [4.69, 9.17) is 4.74 Å². The van der Waals surface area contributed by atoms with Gasteiger partial charge in [0.25, 0.3) is 5.91 Å². The van der Waals surface area contributed by atoms with Crippen molar-refractivity contribution in [1.82, 2.24) is 5.32 Å². The lowest BCUT2D eigenvalue weighted by molar-refractivity contribution is -0.143. The fraction of sp³-hybridized carbons (Fsp3) is 0.400. The minimum Gasteiger partial charge on any atom is -0.466 e. The Morgan fingerprint density at radius 2 is 1.65 bits per heavy atom. The van der Waals surface area contributed by atoms with Gasteiger partial charge in [0, 0.05) is 29.6 Å². The highest BCUT2D eigenvalue weighted by atomic mass is 16.5. The van der Waals surface area contributed by atoms with Crippen LogP contribution in [0.5, 0.6) is 0 Å². The fourth-order valence-electron chi connectivity index (χ4n) is 2.95. The fourth-order valence-corrected chi connectivity index (χ4v) is 2.95. The van der Waals surface area contributed by atoms with E-state index in [-0.39, 0.29) is 36.2 Å². The summed E-state index contributed by atoms with van der Waals surface area (Å²) < 4.78 is 5.23. The molecule has 31 heavy (non-hydrogen) atoms. The van der Waals surface area contributed by atoms with Gasteiger partial charge in [-0.05, 0) is 63.8 Å². The van der Waals surface area contributed by atoms with Crippen molar-refractivity contribution in [1.29, 1.82) is 0 Å². The average Bonchev–Trinajstić information content (AvgIpc) is 2.71. The van der Waals surface area contributed by atoms with E-state index in [0.717, 1.165) is 12.8 Å². The predicted octanol–water partition coefficient (Wildman–Crippen LogP) is 4.50. The van der Waals surface area contributed by atoms with Gasteiger partial charge in [-0.25, -0.2) is 0 Å². The van der Waals surface area contributed by atoms with Crippen molar-refractivity contribution in [3.8, 4) is 0 Å². The Labute approximate surface area is 184 Å². The third-order valence-corrected chi connectivity index (χ3v) is 4.40. The van der Waals surface area contributed by atoms with Crippen molar-refractivity contribution in [2.24, 2.45) is 0 Å². The average molecular weight is 425 g/mol. The first-order valence-electron chi connectivity index (χ1n) is 10.6. The molecule has 2 N–H and O–H groups in total. The molecule has 0 aliphatic rings. The van der Waals surface area contributed by atoms with Gasteiger partial charge in [-0.3, -0.25) is 14.4 Å². The molecular weight excluding hydrogens is 392 g/mol. The highest BCUT2D eigenvalue weighted by Crippen LogP contribution is 2.13. The van der Waals surface area contributed by atoms with E-state index in [1.54, 1.807) is 24.3 Å². The zero-order valence-corrected chi connectivity index (χ0v) is 18.6. The number of amides is 2. The quantitative estimate of drug-likeness (QED) is 0.434. The van der Waals surface area contributed by atoms with Crippen LogP contribution in [0.3, 0.4) is 0 Å². The number of hydrogen-bond acceptors (Lipinski definition) is 4. The molecule has 2 aromatic carbocycles. The largest absolute Gasteiger partial charge is 0.466 e. The molecular formula is C25H32N2O4. The van der Waals surface area contributed by atoms with E-state index in [9.17, 15) is 14.4 Å². The summed E-state index contributed by atoms with van der Waals surface area (Å²) in [5.74, 6) is -0.689. The zero-order valence-electron chi connectivity index (χ0n) is 18.6. The highest BCUT2D eigenvalue weighted by Gasteiger charge is 2.15. The molecule has 6 heteroatoms. The Morgan fingerprint density at radius 1 is 0.903 bits per heavy atom. The lowest BCUT2D eigenvalue weighted by Gasteiger charge is -2.20. The minimum absolute atomic E-state index is 0.196. The summed E-state index contributed by atoms with van der Waals surface area (Å²) in [4.78, 5) is 36.2. The van der Waals surface area contributed by atoms with E-state index >= 15 is 0 Å². The SMILES string of the molecule is CC(C)(C)NC(=O)c1cccc(NC(=O)CCCC(=O)OCCCc2ccccc2)c1. The second-order valence-corrected chi connectivity index (χ2v) is 8.50. The topological polar surface area (TPSA) is 84.5 Å². The molecule has 0 spiro atoms. The Bertz CT molecular complexity index is 873. The number of aryl methyl sites for hydroxylation is 1. The number of benzene rings is 2. The summed E-state index contributed by atoms with van der Waals surface area (Å²) in [7, 11) is 0. The summed E-state index contributed by atoms with van der Waals surface area (Å²) in [6.07, 6.45) is 2.45. The molecule has 2 rings (SSSR count). The number of ether oxygens (including phenoxy) is 1. The van der Waals surface area contributed by atoms with Crippen molar-refractivity contribution >= 4 is 23.5 Å². The van der Waals surface area contributed by atoms with Crippen molar-refractivity contribution in [2.45, 2.75) is 58.4 Å². The second kappa shape index (κ2) is 11.9. The van der Waals surface area contributed by atoms with Gasteiger partial charge in [0.2, 0.25) is 5.91 Å². The van der Waals surface area contributed by atoms with Crippen LogP contribution < -0.4 is 10.6 Å². The van der Waals surface area contributed by atoms with Gasteiger partial charge in [-0.1, -0.05) is 36.4 Å². The van der Waals surface area contributed by atoms with Crippen molar-refractivity contribution in [3.05, 3.63) is 65.7 Å². The standard InChI is InChI=1S/C25H32N2O4/c1-25(2,3)27-24(30)20-13-7-14-21(18-20)26-22(28)15-8-16-23(29)31-17-9-12-19-10-5-4-6-11-19/h4-7,10-11,13-14,18H,8-9,12,15-17H2,1-3H3,(H,26,28)(H,27,30). The maximum Gasteiger partial charge on any atom is 0.305 e. The molecule has 0 aliphatic heterocycles. The summed E-state index contributed by atoms with van der Waals surface area (Å²) in [5.41, 5.74) is 1.91. The van der Waals surface area contributed by atoms with Crippen molar-refractivity contribution in [3.63, 3.8) is 0 Å². The number of nitrogens with one attached hydrogen (secondary N) is 2. The number of carbonyl (C=O) groups excluding carboxylic acids is 3. The van der Waals surface area contributed by atoms with E-state index < -0.39 is 0 Å². The van der Waals surface area contributed by atoms with E-state index in [1.165, 1.54) is 5.56 Å². The monoisotopic (exact) mass is 424 g/mol. The van der Waals surface area contributed by atoms with Crippen LogP contribution >= 0.6 is 0 Å². The zero-order chi connectivity index (χ0) is 22.7. The summed E-state index contributed by atoms with van der Waals surface area (Å²) in [6.45, 7) is 6.10. The van der Waals surface area contributed by atoms with Gasteiger partial charge >= 0.3 is 5.97 Å².